The number of rotatable bonds is 4. The number of aromatic nitrogens is 1. The maximum atomic E-state index is 11.9. The number of nitrogens with zero attached hydrogens (tertiary/aromatic N) is 1. The summed E-state index contributed by atoms with van der Waals surface area (Å²) in [6.07, 6.45) is 3.30. The third kappa shape index (κ3) is 2.95. The Hall–Kier alpha value is -1.58. The van der Waals surface area contributed by atoms with Crippen molar-refractivity contribution in [3.63, 3.8) is 0 Å². The number of carbonyl (C=O) groups is 1. The molecule has 0 aromatic carbocycles. The molecule has 88 valence electrons. The Morgan fingerprint density at radius 1 is 1.44 bits per heavy atom. The highest BCUT2D eigenvalue weighted by atomic mass is 16.1. The van der Waals surface area contributed by atoms with Gasteiger partial charge in [0.15, 0.2) is 0 Å². The summed E-state index contributed by atoms with van der Waals surface area (Å²) in [6.45, 7) is 6.16. The van der Waals surface area contributed by atoms with Gasteiger partial charge in [-0.3, -0.25) is 4.79 Å². The van der Waals surface area contributed by atoms with Crippen LogP contribution in [0.25, 0.3) is 0 Å². The fourth-order valence-corrected chi connectivity index (χ4v) is 1.31. The van der Waals surface area contributed by atoms with Crippen LogP contribution in [0.1, 0.15) is 44.0 Å². The van der Waals surface area contributed by atoms with E-state index in [9.17, 15) is 4.79 Å². The minimum absolute atomic E-state index is 0.0984. The van der Waals surface area contributed by atoms with Crippen LogP contribution in [0.5, 0.6) is 0 Å². The molecule has 4 nitrogen and oxygen atoms in total. The molecular formula is C12H19N3O. The Kier molecular flexibility index (Phi) is 3.88. The van der Waals surface area contributed by atoms with Gasteiger partial charge in [-0.05, 0) is 31.9 Å². The smallest absolute Gasteiger partial charge is 0.253 e. The van der Waals surface area contributed by atoms with Crippen molar-refractivity contribution in [3.05, 3.63) is 23.9 Å². The van der Waals surface area contributed by atoms with Crippen LogP contribution in [0.4, 0.5) is 5.82 Å². The van der Waals surface area contributed by atoms with Crippen molar-refractivity contribution in [3.8, 4) is 0 Å². The fraction of sp³-hybridized carbons (Fsp3) is 0.500. The first-order valence-electron chi connectivity index (χ1n) is 5.55. The van der Waals surface area contributed by atoms with E-state index in [-0.39, 0.29) is 11.4 Å². The molecule has 0 unspecified atom stereocenters. The molecule has 0 spiro atoms. The fourth-order valence-electron chi connectivity index (χ4n) is 1.31. The first-order chi connectivity index (χ1) is 7.50. The van der Waals surface area contributed by atoms with Crippen molar-refractivity contribution >= 4 is 11.7 Å². The number of pyridine rings is 1. The van der Waals surface area contributed by atoms with Crippen molar-refractivity contribution in [2.75, 3.05) is 5.73 Å². The number of hydrogen-bond acceptors (Lipinski definition) is 3. The van der Waals surface area contributed by atoms with Crippen molar-refractivity contribution in [1.82, 2.24) is 10.3 Å². The minimum atomic E-state index is -0.154. The van der Waals surface area contributed by atoms with Crippen LogP contribution in [-0.4, -0.2) is 16.4 Å². The van der Waals surface area contributed by atoms with Crippen molar-refractivity contribution < 1.29 is 4.79 Å². The molecule has 0 saturated heterocycles. The van der Waals surface area contributed by atoms with Gasteiger partial charge in [0.05, 0.1) is 5.56 Å². The lowest BCUT2D eigenvalue weighted by Crippen LogP contribution is -2.44. The standard InChI is InChI=1S/C12H19N3O/c1-4-12(3,5-2)15-11(16)9-6-7-10(13)14-8-9/h6-8H,4-5H2,1-3H3,(H2,13,14)(H,15,16). The third-order valence-electron chi connectivity index (χ3n) is 3.02. The lowest BCUT2D eigenvalue weighted by atomic mass is 9.95. The average Bonchev–Trinajstić information content (AvgIpc) is 2.29. The first kappa shape index (κ1) is 12.5. The van der Waals surface area contributed by atoms with Crippen LogP contribution in [-0.2, 0) is 0 Å². The molecule has 0 atom stereocenters. The number of nitrogen functional groups attached to an aromatic ring is 1. The number of anilines is 1. The lowest BCUT2D eigenvalue weighted by molar-refractivity contribution is 0.0900. The molecular weight excluding hydrogens is 202 g/mol. The molecule has 4 heteroatoms. The van der Waals surface area contributed by atoms with Crippen LogP contribution in [0, 0.1) is 0 Å². The topological polar surface area (TPSA) is 68.0 Å². The van der Waals surface area contributed by atoms with E-state index in [0.717, 1.165) is 12.8 Å². The van der Waals surface area contributed by atoms with E-state index >= 15 is 0 Å². The monoisotopic (exact) mass is 221 g/mol. The molecule has 0 aliphatic carbocycles. The highest BCUT2D eigenvalue weighted by Gasteiger charge is 2.22. The first-order valence-corrected chi connectivity index (χ1v) is 5.55. The second kappa shape index (κ2) is 4.96. The molecule has 0 fully saturated rings. The van der Waals surface area contributed by atoms with Crippen molar-refractivity contribution in [2.45, 2.75) is 39.2 Å². The molecule has 1 rings (SSSR count). The highest BCUT2D eigenvalue weighted by Crippen LogP contribution is 2.14. The average molecular weight is 221 g/mol. The molecule has 0 radical (unpaired) electrons. The summed E-state index contributed by atoms with van der Waals surface area (Å²) in [5, 5.41) is 3.01. The molecule has 1 heterocycles. The minimum Gasteiger partial charge on any atom is -0.384 e. The van der Waals surface area contributed by atoms with Crippen molar-refractivity contribution in [2.24, 2.45) is 0 Å². The van der Waals surface area contributed by atoms with Crippen molar-refractivity contribution in [1.29, 1.82) is 0 Å². The zero-order chi connectivity index (χ0) is 12.2. The van der Waals surface area contributed by atoms with Crippen LogP contribution >= 0.6 is 0 Å². The van der Waals surface area contributed by atoms with E-state index < -0.39 is 0 Å². The van der Waals surface area contributed by atoms with Crippen LogP contribution < -0.4 is 11.1 Å². The van der Waals surface area contributed by atoms with Crippen LogP contribution in [0.2, 0.25) is 0 Å². The highest BCUT2D eigenvalue weighted by molar-refractivity contribution is 5.94. The van der Waals surface area contributed by atoms with Gasteiger partial charge in [-0.15, -0.1) is 0 Å². The normalized spacial score (nSPS) is 11.2. The van der Waals surface area contributed by atoms with Gasteiger partial charge in [0.25, 0.3) is 5.91 Å². The quantitative estimate of drug-likeness (QED) is 0.816. The van der Waals surface area contributed by atoms with Gasteiger partial charge in [0.2, 0.25) is 0 Å². The molecule has 0 saturated carbocycles. The van der Waals surface area contributed by atoms with Gasteiger partial charge in [-0.1, -0.05) is 13.8 Å². The number of nitrogens with one attached hydrogen (secondary N) is 1. The Balaban J connectivity index is 2.76. The van der Waals surface area contributed by atoms with Gasteiger partial charge < -0.3 is 11.1 Å². The van der Waals surface area contributed by atoms with E-state index in [1.54, 1.807) is 12.1 Å². The summed E-state index contributed by atoms with van der Waals surface area (Å²) in [5.41, 5.74) is 5.85. The van der Waals surface area contributed by atoms with E-state index in [4.69, 9.17) is 5.73 Å². The maximum Gasteiger partial charge on any atom is 0.253 e. The number of carbonyl (C=O) groups excluding carboxylic acids is 1. The molecule has 3 N–H and O–H groups in total. The predicted molar refractivity (Wildman–Crippen MR) is 65.1 cm³/mol. The molecule has 0 aliphatic rings. The van der Waals surface area contributed by atoms with E-state index in [1.165, 1.54) is 6.20 Å². The molecule has 1 aromatic heterocycles. The SMILES string of the molecule is CCC(C)(CC)NC(=O)c1ccc(N)nc1. The summed E-state index contributed by atoms with van der Waals surface area (Å²) in [4.78, 5) is 15.8. The molecule has 0 bridgehead atoms. The summed E-state index contributed by atoms with van der Waals surface area (Å²) in [7, 11) is 0. The predicted octanol–water partition coefficient (Wildman–Crippen LogP) is 1.97. The van der Waals surface area contributed by atoms with Gasteiger partial charge >= 0.3 is 0 Å². The van der Waals surface area contributed by atoms with Gasteiger partial charge in [-0.2, -0.15) is 0 Å². The number of hydrogen-bond donors (Lipinski definition) is 2. The zero-order valence-electron chi connectivity index (χ0n) is 10.1. The largest absolute Gasteiger partial charge is 0.384 e. The zero-order valence-corrected chi connectivity index (χ0v) is 10.1. The van der Waals surface area contributed by atoms with Crippen LogP contribution in [0.3, 0.4) is 0 Å². The lowest BCUT2D eigenvalue weighted by Gasteiger charge is -2.28. The summed E-state index contributed by atoms with van der Waals surface area (Å²) >= 11 is 0. The van der Waals surface area contributed by atoms with E-state index in [2.05, 4.69) is 24.1 Å². The van der Waals surface area contributed by atoms with Gasteiger partial charge in [0, 0.05) is 11.7 Å². The summed E-state index contributed by atoms with van der Waals surface area (Å²) in [5.74, 6) is 0.323. The molecule has 1 amide bonds. The number of nitrogens with two attached hydrogens (primary N) is 1. The Morgan fingerprint density at radius 2 is 2.06 bits per heavy atom. The second-order valence-corrected chi connectivity index (χ2v) is 4.19. The van der Waals surface area contributed by atoms with Gasteiger partial charge in [0.1, 0.15) is 5.82 Å². The summed E-state index contributed by atoms with van der Waals surface area (Å²) < 4.78 is 0. The Labute approximate surface area is 96.3 Å². The Morgan fingerprint density at radius 3 is 2.50 bits per heavy atom. The number of amides is 1. The van der Waals surface area contributed by atoms with E-state index in [0.29, 0.717) is 11.4 Å². The molecule has 1 aromatic rings. The van der Waals surface area contributed by atoms with Gasteiger partial charge in [-0.25, -0.2) is 4.98 Å². The summed E-state index contributed by atoms with van der Waals surface area (Å²) in [6, 6.07) is 3.31. The second-order valence-electron chi connectivity index (χ2n) is 4.19. The molecule has 0 aliphatic heterocycles. The Bertz CT molecular complexity index is 355. The van der Waals surface area contributed by atoms with Crippen LogP contribution in [0.15, 0.2) is 18.3 Å². The maximum absolute atomic E-state index is 11.9. The van der Waals surface area contributed by atoms with E-state index in [1.807, 2.05) is 6.92 Å². The molecule has 16 heavy (non-hydrogen) atoms. The third-order valence-corrected chi connectivity index (χ3v) is 3.02.